The third kappa shape index (κ3) is 1.86. The Hall–Kier alpha value is 0.0348. The molecule has 0 saturated carbocycles. The van der Waals surface area contributed by atoms with Crippen molar-refractivity contribution in [3.05, 3.63) is 0 Å². The van der Waals surface area contributed by atoms with Gasteiger partial charge in [-0.15, -0.1) is 0 Å². The van der Waals surface area contributed by atoms with E-state index >= 15 is 0 Å². The molecule has 0 radical (unpaired) electrons. The van der Waals surface area contributed by atoms with Gasteiger partial charge in [0.2, 0.25) is 0 Å². The zero-order chi connectivity index (χ0) is 10.9. The van der Waals surface area contributed by atoms with Crippen molar-refractivity contribution >= 4 is 21.1 Å². The molecule has 0 aliphatic carbocycles. The van der Waals surface area contributed by atoms with Gasteiger partial charge in [0.1, 0.15) is 0 Å². The third-order valence-electron chi connectivity index (χ3n) is 3.45. The Morgan fingerprint density at radius 3 is 1.50 bits per heavy atom. The predicted molar refractivity (Wildman–Crippen MR) is 65.7 cm³/mol. The summed E-state index contributed by atoms with van der Waals surface area (Å²) in [4.78, 5) is 0. The van der Waals surface area contributed by atoms with Gasteiger partial charge in [0.15, 0.2) is 0 Å². The summed E-state index contributed by atoms with van der Waals surface area (Å²) in [5, 5.41) is 0. The first-order valence-corrected chi connectivity index (χ1v) is 5.45. The molecule has 0 amide bonds. The average Bonchev–Trinajstić information content (AvgIpc) is 2.16. The molecule has 4 nitrogen and oxygen atoms in total. The number of nitrogens with two attached hydrogens (primary N) is 1. The quantitative estimate of drug-likeness (QED) is 0.614. The van der Waals surface area contributed by atoms with Gasteiger partial charge >= 0.3 is 7.12 Å². The SMILES string of the molecule is CCB1N(C)B(N)N(C)B(CC)N1C. The second-order valence-electron chi connectivity index (χ2n) is 4.19. The molecule has 1 aliphatic heterocycles. The van der Waals surface area contributed by atoms with Crippen LogP contribution in [-0.2, 0) is 0 Å². The molecule has 2 N–H and O–H groups in total. The molecule has 0 aromatic heterocycles. The van der Waals surface area contributed by atoms with Crippen molar-refractivity contribution in [3.63, 3.8) is 0 Å². The molecule has 1 rings (SSSR count). The molecule has 0 aromatic carbocycles. The Morgan fingerprint density at radius 2 is 1.21 bits per heavy atom. The van der Waals surface area contributed by atoms with Crippen LogP contribution in [0.15, 0.2) is 0 Å². The minimum atomic E-state index is 0.0427. The number of hydrogen-bond donors (Lipinski definition) is 1. The normalized spacial score (nSPS) is 22.3. The van der Waals surface area contributed by atoms with E-state index in [1.807, 2.05) is 0 Å². The summed E-state index contributed by atoms with van der Waals surface area (Å²) in [5.41, 5.74) is 6.14. The van der Waals surface area contributed by atoms with Crippen molar-refractivity contribution in [2.75, 3.05) is 21.1 Å². The highest BCUT2D eigenvalue weighted by Gasteiger charge is 2.45. The van der Waals surface area contributed by atoms with Crippen LogP contribution in [0.1, 0.15) is 13.8 Å². The van der Waals surface area contributed by atoms with Gasteiger partial charge in [0, 0.05) is 0 Å². The van der Waals surface area contributed by atoms with Crippen LogP contribution in [0.3, 0.4) is 0 Å². The average molecular weight is 194 g/mol. The molecule has 0 aromatic rings. The van der Waals surface area contributed by atoms with Gasteiger partial charge in [-0.1, -0.05) is 13.8 Å². The van der Waals surface area contributed by atoms with Crippen molar-refractivity contribution in [3.8, 4) is 0 Å². The molecule has 1 aliphatic rings. The van der Waals surface area contributed by atoms with E-state index in [1.165, 1.54) is 0 Å². The molecule has 7 heteroatoms. The van der Waals surface area contributed by atoms with Gasteiger partial charge in [-0.2, -0.15) is 0 Å². The largest absolute Gasteiger partial charge is 0.376 e. The lowest BCUT2D eigenvalue weighted by atomic mass is 9.46. The fourth-order valence-electron chi connectivity index (χ4n) is 2.57. The molecule has 14 heavy (non-hydrogen) atoms. The minimum Gasteiger partial charge on any atom is -0.360 e. The van der Waals surface area contributed by atoms with E-state index in [0.29, 0.717) is 14.0 Å². The molecule has 0 atom stereocenters. The Balaban J connectivity index is 2.82. The monoisotopic (exact) mass is 194 g/mol. The fourth-order valence-corrected chi connectivity index (χ4v) is 2.57. The zero-order valence-electron chi connectivity index (χ0n) is 10.1. The van der Waals surface area contributed by atoms with Crippen molar-refractivity contribution in [2.24, 2.45) is 5.64 Å². The van der Waals surface area contributed by atoms with Crippen LogP contribution < -0.4 is 5.64 Å². The highest BCUT2D eigenvalue weighted by Crippen LogP contribution is 2.16. The van der Waals surface area contributed by atoms with Crippen LogP contribution >= 0.6 is 0 Å². The van der Waals surface area contributed by atoms with E-state index in [1.54, 1.807) is 0 Å². The lowest BCUT2D eigenvalue weighted by Crippen LogP contribution is -2.77. The molecular formula is C7H21B3N4. The second kappa shape index (κ2) is 4.70. The Kier molecular flexibility index (Phi) is 4.07. The van der Waals surface area contributed by atoms with Crippen molar-refractivity contribution in [1.29, 1.82) is 0 Å². The summed E-state index contributed by atoms with van der Waals surface area (Å²) in [6.07, 6.45) is 2.23. The van der Waals surface area contributed by atoms with Crippen LogP contribution in [-0.4, -0.2) is 56.4 Å². The standard InChI is InChI=1S/C7H21B3N4/c1-6-8-12(3)9(7-2)14(5)10(11)13(8)4/h6-7,11H2,1-5H3. The maximum absolute atomic E-state index is 6.14. The van der Waals surface area contributed by atoms with Crippen LogP contribution in [0, 0.1) is 0 Å². The Morgan fingerprint density at radius 1 is 0.857 bits per heavy atom. The molecular weight excluding hydrogens is 173 g/mol. The Bertz CT molecular complexity index is 176. The number of hydrogen-bond acceptors (Lipinski definition) is 4. The summed E-state index contributed by atoms with van der Waals surface area (Å²) >= 11 is 0. The number of rotatable bonds is 2. The third-order valence-corrected chi connectivity index (χ3v) is 3.45. The maximum atomic E-state index is 6.14. The summed E-state index contributed by atoms with van der Waals surface area (Å²) in [6, 6.07) is 0. The first-order chi connectivity index (χ1) is 6.54. The Labute approximate surface area is 89.2 Å². The van der Waals surface area contributed by atoms with E-state index in [-0.39, 0.29) is 7.12 Å². The lowest BCUT2D eigenvalue weighted by Gasteiger charge is -2.48. The van der Waals surface area contributed by atoms with Crippen LogP contribution in [0.4, 0.5) is 0 Å². The van der Waals surface area contributed by atoms with Crippen molar-refractivity contribution < 1.29 is 0 Å². The molecule has 0 unspecified atom stereocenters. The summed E-state index contributed by atoms with van der Waals surface area (Å²) in [5.74, 6) is 0. The van der Waals surface area contributed by atoms with Gasteiger partial charge in [0.25, 0.3) is 14.0 Å². The van der Waals surface area contributed by atoms with Crippen molar-refractivity contribution in [2.45, 2.75) is 26.5 Å². The molecule has 1 heterocycles. The summed E-state index contributed by atoms with van der Waals surface area (Å²) in [7, 11) is 6.41. The van der Waals surface area contributed by atoms with Crippen LogP contribution in [0.5, 0.6) is 0 Å². The second-order valence-corrected chi connectivity index (χ2v) is 4.19. The van der Waals surface area contributed by atoms with E-state index in [0.717, 1.165) is 12.6 Å². The van der Waals surface area contributed by atoms with Gasteiger partial charge in [-0.3, -0.25) is 0 Å². The minimum absolute atomic E-state index is 0.0427. The molecule has 1 fully saturated rings. The topological polar surface area (TPSA) is 35.7 Å². The lowest BCUT2D eigenvalue weighted by molar-refractivity contribution is 0.528. The zero-order valence-corrected chi connectivity index (χ0v) is 10.1. The summed E-state index contributed by atoms with van der Waals surface area (Å²) in [6.45, 7) is 5.35. The highest BCUT2D eigenvalue weighted by atomic mass is 15.3. The summed E-state index contributed by atoms with van der Waals surface area (Å²) < 4.78 is 6.86. The predicted octanol–water partition coefficient (Wildman–Crippen LogP) is -0.245. The fraction of sp³-hybridized carbons (Fsp3) is 1.00. The van der Waals surface area contributed by atoms with Gasteiger partial charge < -0.3 is 19.8 Å². The molecule has 0 bridgehead atoms. The van der Waals surface area contributed by atoms with Crippen molar-refractivity contribution in [1.82, 2.24) is 14.2 Å². The van der Waals surface area contributed by atoms with Crippen LogP contribution in [0.2, 0.25) is 12.6 Å². The highest BCUT2D eigenvalue weighted by molar-refractivity contribution is 6.84. The molecule has 0 spiro atoms. The van der Waals surface area contributed by atoms with E-state index in [9.17, 15) is 0 Å². The number of nitrogens with zero attached hydrogens (tertiary/aromatic N) is 3. The van der Waals surface area contributed by atoms with Gasteiger partial charge in [0.05, 0.1) is 0 Å². The van der Waals surface area contributed by atoms with Gasteiger partial charge in [-0.25, -0.2) is 0 Å². The smallest absolute Gasteiger partial charge is 0.360 e. The first-order valence-electron chi connectivity index (χ1n) is 5.45. The van der Waals surface area contributed by atoms with Gasteiger partial charge in [-0.05, 0) is 33.8 Å². The van der Waals surface area contributed by atoms with E-state index in [4.69, 9.17) is 5.64 Å². The van der Waals surface area contributed by atoms with E-state index < -0.39 is 0 Å². The first kappa shape index (κ1) is 12.1. The molecule has 78 valence electrons. The van der Waals surface area contributed by atoms with E-state index in [2.05, 4.69) is 49.2 Å². The molecule has 1 saturated heterocycles. The maximum Gasteiger partial charge on any atom is 0.376 e. The van der Waals surface area contributed by atoms with Crippen LogP contribution in [0.25, 0.3) is 0 Å².